The van der Waals surface area contributed by atoms with Gasteiger partial charge in [0.1, 0.15) is 5.17 Å². The van der Waals surface area contributed by atoms with Crippen molar-refractivity contribution in [1.29, 1.82) is 0 Å². The smallest absolute Gasteiger partial charge is 0.220 e. The van der Waals surface area contributed by atoms with Crippen LogP contribution in [0.2, 0.25) is 0 Å². The van der Waals surface area contributed by atoms with E-state index in [-0.39, 0.29) is 10.7 Å². The Morgan fingerprint density at radius 1 is 1.65 bits per heavy atom. The van der Waals surface area contributed by atoms with Crippen LogP contribution in [0.5, 0.6) is 0 Å². The summed E-state index contributed by atoms with van der Waals surface area (Å²) < 4.78 is 16.8. The molecule has 17 heavy (non-hydrogen) atoms. The second kappa shape index (κ2) is 6.70. The van der Waals surface area contributed by atoms with Crippen LogP contribution in [-0.2, 0) is 0 Å². The maximum absolute atomic E-state index is 13.5. The number of hydrogen-bond acceptors (Lipinski definition) is 3. The van der Waals surface area contributed by atoms with Gasteiger partial charge < -0.3 is 5.09 Å². The molecule has 0 saturated carbocycles. The van der Waals surface area contributed by atoms with Gasteiger partial charge in [0.05, 0.1) is 0 Å². The molecule has 0 aliphatic heterocycles. The van der Waals surface area contributed by atoms with E-state index in [1.165, 1.54) is 12.3 Å². The largest absolute Gasteiger partial charge is 0.369 e. The number of aromatic nitrogens is 1. The van der Waals surface area contributed by atoms with E-state index in [1.807, 2.05) is 0 Å². The molecule has 0 aromatic carbocycles. The molecule has 0 aliphatic rings. The lowest BCUT2D eigenvalue weighted by Gasteiger charge is -2.10. The third kappa shape index (κ3) is 3.77. The van der Waals surface area contributed by atoms with Gasteiger partial charge in [-0.15, -0.1) is 0 Å². The molecule has 1 N–H and O–H groups in total. The second-order valence-electron chi connectivity index (χ2n) is 2.93. The van der Waals surface area contributed by atoms with Crippen molar-refractivity contribution < 1.29 is 4.39 Å². The van der Waals surface area contributed by atoms with Gasteiger partial charge in [0.15, 0.2) is 0 Å². The van der Waals surface area contributed by atoms with E-state index in [0.717, 1.165) is 0 Å². The van der Waals surface area contributed by atoms with Gasteiger partial charge in [-0.05, 0) is 27.6 Å². The molecule has 1 rings (SSSR count). The van der Waals surface area contributed by atoms with E-state index in [0.29, 0.717) is 11.3 Å². The zero-order valence-corrected chi connectivity index (χ0v) is 11.3. The first-order chi connectivity index (χ1) is 8.10. The maximum atomic E-state index is 13.5. The van der Waals surface area contributed by atoms with Gasteiger partial charge in [-0.3, -0.25) is 0 Å². The van der Waals surface area contributed by atoms with Gasteiger partial charge in [0.25, 0.3) is 0 Å². The average Bonchev–Trinajstić information content (AvgIpc) is 2.35. The molecule has 0 radical (unpaired) electrons. The van der Waals surface area contributed by atoms with Crippen LogP contribution in [-0.4, -0.2) is 10.2 Å². The quantitative estimate of drug-likeness (QED) is 0.400. The lowest BCUT2D eigenvalue weighted by Crippen LogP contribution is -2.03. The first kappa shape index (κ1) is 14.1. The van der Waals surface area contributed by atoms with Crippen molar-refractivity contribution in [3.8, 4) is 0 Å². The van der Waals surface area contributed by atoms with Crippen LogP contribution in [0.25, 0.3) is 5.57 Å². The fourth-order valence-electron chi connectivity index (χ4n) is 1.14. The highest BCUT2D eigenvalue weighted by Crippen LogP contribution is 2.23. The summed E-state index contributed by atoms with van der Waals surface area (Å²) in [6.07, 6.45) is 2.75. The van der Waals surface area contributed by atoms with Crippen LogP contribution in [0, 0.1) is 5.95 Å². The summed E-state index contributed by atoms with van der Waals surface area (Å²) in [5.41, 5.74) is 1.12. The maximum Gasteiger partial charge on any atom is 0.220 e. The van der Waals surface area contributed by atoms with Crippen molar-refractivity contribution >= 4 is 43.5 Å². The summed E-state index contributed by atoms with van der Waals surface area (Å²) in [4.78, 5) is 3.55. The minimum Gasteiger partial charge on any atom is -0.369 e. The molecular weight excluding hydrogens is 283 g/mol. The molecule has 1 atom stereocenters. The Morgan fingerprint density at radius 3 is 2.88 bits per heavy atom. The number of halogens is 3. The number of nitrogens with one attached hydrogen (secondary N) is 1. The Labute approximate surface area is 111 Å². The number of rotatable bonds is 4. The molecule has 1 aromatic rings. The predicted octanol–water partition coefficient (Wildman–Crippen LogP) is 3.29. The third-order valence-corrected chi connectivity index (χ3v) is 2.70. The van der Waals surface area contributed by atoms with Gasteiger partial charge in [-0.1, -0.05) is 18.2 Å². The molecule has 0 aliphatic carbocycles. The molecule has 0 bridgehead atoms. The topological polar surface area (TPSA) is 37.3 Å². The zero-order valence-electron chi connectivity index (χ0n) is 8.62. The fourth-order valence-corrected chi connectivity index (χ4v) is 1.45. The van der Waals surface area contributed by atoms with Gasteiger partial charge >= 0.3 is 0 Å². The molecule has 1 aromatic heterocycles. The lowest BCUT2D eigenvalue weighted by atomic mass is 10.1. The standard InChI is InChI=1S/C10H9Cl2FN3P/c1-6(16-17)8(5-9(11)15-12)7-3-2-4-14-10(7)13/h2-5,16H,1,17H2/b8-5+,15-9?. The molecule has 7 heteroatoms. The SMILES string of the molecule is C=C(NP)/C(=C\C(Cl)=NCl)c1cccnc1F. The van der Waals surface area contributed by atoms with Crippen molar-refractivity contribution in [3.05, 3.63) is 48.2 Å². The van der Waals surface area contributed by atoms with Crippen LogP contribution >= 0.6 is 32.8 Å². The highest BCUT2D eigenvalue weighted by molar-refractivity contribution is 7.14. The summed E-state index contributed by atoms with van der Waals surface area (Å²) in [6, 6.07) is 3.16. The first-order valence-electron chi connectivity index (χ1n) is 4.43. The van der Waals surface area contributed by atoms with E-state index in [4.69, 9.17) is 23.4 Å². The van der Waals surface area contributed by atoms with Gasteiger partial charge in [0, 0.05) is 34.8 Å². The molecule has 1 heterocycles. The molecule has 0 amide bonds. The van der Waals surface area contributed by atoms with Crippen molar-refractivity contribution in [3.63, 3.8) is 0 Å². The Kier molecular flexibility index (Phi) is 5.56. The molecule has 90 valence electrons. The summed E-state index contributed by atoms with van der Waals surface area (Å²) >= 11 is 10.9. The lowest BCUT2D eigenvalue weighted by molar-refractivity contribution is 0.580. The van der Waals surface area contributed by atoms with Crippen molar-refractivity contribution in [2.24, 2.45) is 4.51 Å². The fraction of sp³-hybridized carbons (Fsp3) is 0. The number of hydrogen-bond donors (Lipinski definition) is 1. The number of pyridine rings is 1. The van der Waals surface area contributed by atoms with E-state index >= 15 is 0 Å². The minimum atomic E-state index is -0.626. The highest BCUT2D eigenvalue weighted by Gasteiger charge is 2.11. The van der Waals surface area contributed by atoms with Crippen LogP contribution in [0.1, 0.15) is 5.56 Å². The van der Waals surface area contributed by atoms with Crippen LogP contribution in [0.15, 0.2) is 41.2 Å². The van der Waals surface area contributed by atoms with Crippen LogP contribution < -0.4 is 5.09 Å². The van der Waals surface area contributed by atoms with Crippen molar-refractivity contribution in [1.82, 2.24) is 10.1 Å². The summed E-state index contributed by atoms with van der Waals surface area (Å²) in [7, 11) is 2.26. The monoisotopic (exact) mass is 291 g/mol. The molecule has 3 nitrogen and oxygen atoms in total. The Balaban J connectivity index is 3.31. The Hall–Kier alpha value is -0.960. The molecule has 0 fully saturated rings. The predicted molar refractivity (Wildman–Crippen MR) is 73.3 cm³/mol. The van der Waals surface area contributed by atoms with Gasteiger partial charge in [-0.25, -0.2) is 4.98 Å². The van der Waals surface area contributed by atoms with Gasteiger partial charge in [-0.2, -0.15) is 8.90 Å². The normalized spacial score (nSPS) is 12.5. The summed E-state index contributed by atoms with van der Waals surface area (Å²) in [5, 5.41) is 2.74. The molecule has 0 saturated heterocycles. The average molecular weight is 292 g/mol. The molecular formula is C10H9Cl2FN3P. The summed E-state index contributed by atoms with van der Waals surface area (Å²) in [6.45, 7) is 3.73. The van der Waals surface area contributed by atoms with E-state index in [1.54, 1.807) is 12.1 Å². The zero-order chi connectivity index (χ0) is 12.8. The molecule has 0 spiro atoms. The van der Waals surface area contributed by atoms with E-state index < -0.39 is 5.95 Å². The van der Waals surface area contributed by atoms with Crippen LogP contribution in [0.4, 0.5) is 4.39 Å². The highest BCUT2D eigenvalue weighted by atomic mass is 35.5. The second-order valence-corrected chi connectivity index (χ2v) is 3.77. The van der Waals surface area contributed by atoms with Crippen molar-refractivity contribution in [2.75, 3.05) is 0 Å². The molecule has 1 unspecified atom stereocenters. The summed E-state index contributed by atoms with van der Waals surface area (Å²) in [5.74, 6) is -0.626. The number of allylic oxidation sites excluding steroid dienone is 2. The van der Waals surface area contributed by atoms with Crippen molar-refractivity contribution in [2.45, 2.75) is 0 Å². The van der Waals surface area contributed by atoms with E-state index in [9.17, 15) is 4.39 Å². The number of nitrogens with zero attached hydrogens (tertiary/aromatic N) is 2. The Bertz CT molecular complexity index is 488. The van der Waals surface area contributed by atoms with Gasteiger partial charge in [0.2, 0.25) is 5.95 Å². The van der Waals surface area contributed by atoms with Crippen LogP contribution in [0.3, 0.4) is 0 Å². The Morgan fingerprint density at radius 2 is 2.35 bits per heavy atom. The first-order valence-corrected chi connectivity index (χ1v) is 5.72. The third-order valence-electron chi connectivity index (χ3n) is 1.89. The van der Waals surface area contributed by atoms with E-state index in [2.05, 4.69) is 30.6 Å². The minimum absolute atomic E-state index is 0.0197.